The molecule has 0 saturated heterocycles. The molecule has 1 fully saturated rings. The van der Waals surface area contributed by atoms with Crippen molar-refractivity contribution < 1.29 is 9.90 Å². The number of carboxylic acids is 1. The summed E-state index contributed by atoms with van der Waals surface area (Å²) in [6, 6.07) is 0.116. The second kappa shape index (κ2) is 4.76. The van der Waals surface area contributed by atoms with Crippen molar-refractivity contribution in [2.75, 3.05) is 5.32 Å². The molecule has 2 aromatic rings. The standard InChI is InChI=1S/C11H12BrN5O2/c12-8-7-4-13-11(15-9(7)17-16-8)14-6-2-1-5(3-6)10(18)19/h4-6H,1-3H2,(H,18,19)(H2,13,14,15,16,17)/t5-,6-/m1/s1. The lowest BCUT2D eigenvalue weighted by Crippen LogP contribution is -2.19. The Morgan fingerprint density at radius 1 is 1.53 bits per heavy atom. The predicted octanol–water partition coefficient (Wildman–Crippen LogP) is 1.78. The van der Waals surface area contributed by atoms with Crippen LogP contribution in [0, 0.1) is 5.92 Å². The smallest absolute Gasteiger partial charge is 0.306 e. The van der Waals surface area contributed by atoms with E-state index in [9.17, 15) is 4.79 Å². The second-order valence-corrected chi connectivity index (χ2v) is 5.41. The van der Waals surface area contributed by atoms with Gasteiger partial charge >= 0.3 is 5.97 Å². The van der Waals surface area contributed by atoms with Gasteiger partial charge in [0.05, 0.1) is 11.3 Å². The van der Waals surface area contributed by atoms with Gasteiger partial charge in [0.1, 0.15) is 4.60 Å². The number of aromatic nitrogens is 4. The van der Waals surface area contributed by atoms with Crippen LogP contribution in [0.4, 0.5) is 5.95 Å². The van der Waals surface area contributed by atoms with E-state index < -0.39 is 5.97 Å². The number of hydrogen-bond acceptors (Lipinski definition) is 5. The lowest BCUT2D eigenvalue weighted by molar-refractivity contribution is -0.141. The van der Waals surface area contributed by atoms with E-state index in [2.05, 4.69) is 41.4 Å². The number of aromatic amines is 1. The third kappa shape index (κ3) is 2.40. The maximum absolute atomic E-state index is 10.9. The summed E-state index contributed by atoms with van der Waals surface area (Å²) >= 11 is 3.30. The number of carbonyl (C=O) groups is 1. The highest BCUT2D eigenvalue weighted by Crippen LogP contribution is 2.28. The van der Waals surface area contributed by atoms with E-state index >= 15 is 0 Å². The molecule has 0 unspecified atom stereocenters. The molecule has 0 radical (unpaired) electrons. The van der Waals surface area contributed by atoms with Crippen LogP contribution in [0.25, 0.3) is 11.0 Å². The molecule has 100 valence electrons. The molecule has 1 aliphatic rings. The predicted molar refractivity (Wildman–Crippen MR) is 71.8 cm³/mol. The van der Waals surface area contributed by atoms with Gasteiger partial charge in [-0.25, -0.2) is 4.98 Å². The number of nitrogens with one attached hydrogen (secondary N) is 2. The first kappa shape index (κ1) is 12.3. The Bertz CT molecular complexity index is 629. The van der Waals surface area contributed by atoms with Crippen LogP contribution in [0.2, 0.25) is 0 Å². The number of H-pyrrole nitrogens is 1. The summed E-state index contributed by atoms with van der Waals surface area (Å²) in [5.41, 5.74) is 0.650. The zero-order chi connectivity index (χ0) is 13.4. The highest BCUT2D eigenvalue weighted by Gasteiger charge is 2.30. The Morgan fingerprint density at radius 3 is 3.11 bits per heavy atom. The van der Waals surface area contributed by atoms with E-state index in [0.29, 0.717) is 29.0 Å². The van der Waals surface area contributed by atoms with Gasteiger partial charge in [-0.3, -0.25) is 9.89 Å². The van der Waals surface area contributed by atoms with Crippen molar-refractivity contribution in [3.05, 3.63) is 10.8 Å². The van der Waals surface area contributed by atoms with Gasteiger partial charge in [0, 0.05) is 12.2 Å². The second-order valence-electron chi connectivity index (χ2n) is 4.66. The van der Waals surface area contributed by atoms with Gasteiger partial charge in [-0.15, -0.1) is 0 Å². The lowest BCUT2D eigenvalue weighted by Gasteiger charge is -2.11. The maximum Gasteiger partial charge on any atom is 0.306 e. The van der Waals surface area contributed by atoms with Crippen LogP contribution in [-0.2, 0) is 4.79 Å². The minimum atomic E-state index is -0.724. The molecule has 0 aliphatic heterocycles. The van der Waals surface area contributed by atoms with Crippen molar-refractivity contribution in [3.63, 3.8) is 0 Å². The minimum Gasteiger partial charge on any atom is -0.481 e. The number of carboxylic acid groups (broad SMARTS) is 1. The quantitative estimate of drug-likeness (QED) is 0.794. The highest BCUT2D eigenvalue weighted by molar-refractivity contribution is 9.10. The zero-order valence-electron chi connectivity index (χ0n) is 9.93. The summed E-state index contributed by atoms with van der Waals surface area (Å²) in [5, 5.41) is 19.7. The fraction of sp³-hybridized carbons (Fsp3) is 0.455. The molecule has 1 saturated carbocycles. The molecule has 1 aliphatic carbocycles. The van der Waals surface area contributed by atoms with E-state index in [0.717, 1.165) is 11.8 Å². The van der Waals surface area contributed by atoms with Crippen LogP contribution in [-0.4, -0.2) is 37.3 Å². The summed E-state index contributed by atoms with van der Waals surface area (Å²) in [7, 11) is 0. The third-order valence-corrected chi connectivity index (χ3v) is 3.99. The van der Waals surface area contributed by atoms with Crippen LogP contribution < -0.4 is 5.32 Å². The normalized spacial score (nSPS) is 22.8. The Kier molecular flexibility index (Phi) is 3.09. The minimum absolute atomic E-state index is 0.116. The summed E-state index contributed by atoms with van der Waals surface area (Å²) in [4.78, 5) is 19.4. The molecule has 0 bridgehead atoms. The highest BCUT2D eigenvalue weighted by atomic mass is 79.9. The average molecular weight is 326 g/mol. The number of anilines is 1. The van der Waals surface area contributed by atoms with Crippen molar-refractivity contribution in [3.8, 4) is 0 Å². The van der Waals surface area contributed by atoms with Crippen molar-refractivity contribution >= 4 is 38.9 Å². The molecule has 19 heavy (non-hydrogen) atoms. The van der Waals surface area contributed by atoms with E-state index in [-0.39, 0.29) is 12.0 Å². The fourth-order valence-corrected chi connectivity index (χ4v) is 2.75. The number of fused-ring (bicyclic) bond motifs is 1. The monoisotopic (exact) mass is 325 g/mol. The lowest BCUT2D eigenvalue weighted by atomic mass is 10.1. The van der Waals surface area contributed by atoms with Crippen molar-refractivity contribution in [2.45, 2.75) is 25.3 Å². The summed E-state index contributed by atoms with van der Waals surface area (Å²) in [5.74, 6) is -0.486. The molecular weight excluding hydrogens is 314 g/mol. The molecule has 0 aromatic carbocycles. The van der Waals surface area contributed by atoms with Gasteiger partial charge in [0.2, 0.25) is 5.95 Å². The van der Waals surface area contributed by atoms with Crippen LogP contribution >= 0.6 is 15.9 Å². The topological polar surface area (TPSA) is 104 Å². The molecule has 3 N–H and O–H groups in total. The van der Waals surface area contributed by atoms with Gasteiger partial charge in [-0.2, -0.15) is 10.1 Å². The van der Waals surface area contributed by atoms with Gasteiger partial charge in [0.15, 0.2) is 5.65 Å². The molecule has 2 aromatic heterocycles. The molecule has 7 nitrogen and oxygen atoms in total. The molecule has 3 rings (SSSR count). The van der Waals surface area contributed by atoms with Crippen molar-refractivity contribution in [2.24, 2.45) is 5.92 Å². The Hall–Kier alpha value is -1.70. The molecule has 2 atom stereocenters. The largest absolute Gasteiger partial charge is 0.481 e. The maximum atomic E-state index is 10.9. The number of halogens is 1. The fourth-order valence-electron chi connectivity index (χ4n) is 2.37. The zero-order valence-corrected chi connectivity index (χ0v) is 11.5. The number of aliphatic carboxylic acids is 1. The van der Waals surface area contributed by atoms with E-state index in [1.807, 2.05) is 0 Å². The van der Waals surface area contributed by atoms with Gasteiger partial charge < -0.3 is 10.4 Å². The Labute approximate surface area is 117 Å². The molecule has 8 heteroatoms. The Morgan fingerprint density at radius 2 is 2.37 bits per heavy atom. The number of hydrogen-bond donors (Lipinski definition) is 3. The van der Waals surface area contributed by atoms with Crippen LogP contribution in [0.15, 0.2) is 10.8 Å². The Balaban J connectivity index is 1.73. The van der Waals surface area contributed by atoms with Crippen molar-refractivity contribution in [1.29, 1.82) is 0 Å². The summed E-state index contributed by atoms with van der Waals surface area (Å²) < 4.78 is 0.681. The van der Waals surface area contributed by atoms with Gasteiger partial charge in [0.25, 0.3) is 0 Å². The SMILES string of the molecule is O=C(O)[C@@H]1CC[C@@H](Nc2ncc3c(Br)n[nH]c3n2)C1. The van der Waals surface area contributed by atoms with Crippen molar-refractivity contribution in [1.82, 2.24) is 20.2 Å². The van der Waals surface area contributed by atoms with E-state index in [1.165, 1.54) is 0 Å². The summed E-state index contributed by atoms with van der Waals surface area (Å²) in [6.45, 7) is 0. The van der Waals surface area contributed by atoms with Crippen LogP contribution in [0.3, 0.4) is 0 Å². The first-order chi connectivity index (χ1) is 9.13. The number of rotatable bonds is 3. The summed E-state index contributed by atoms with van der Waals surface area (Å²) in [6.07, 6.45) is 3.82. The van der Waals surface area contributed by atoms with Crippen LogP contribution in [0.5, 0.6) is 0 Å². The van der Waals surface area contributed by atoms with Gasteiger partial charge in [-0.1, -0.05) is 0 Å². The molecule has 0 amide bonds. The first-order valence-electron chi connectivity index (χ1n) is 5.99. The molecule has 2 heterocycles. The van der Waals surface area contributed by atoms with Gasteiger partial charge in [-0.05, 0) is 35.2 Å². The van der Waals surface area contributed by atoms with E-state index in [1.54, 1.807) is 6.20 Å². The molecule has 0 spiro atoms. The third-order valence-electron chi connectivity index (χ3n) is 3.39. The van der Waals surface area contributed by atoms with Crippen LogP contribution in [0.1, 0.15) is 19.3 Å². The van der Waals surface area contributed by atoms with E-state index in [4.69, 9.17) is 5.11 Å². The molecular formula is C11H12BrN5O2. The average Bonchev–Trinajstić information content (AvgIpc) is 2.97. The number of nitrogens with zero attached hydrogens (tertiary/aromatic N) is 3. The first-order valence-corrected chi connectivity index (χ1v) is 6.78.